The minimum Gasteiger partial charge on any atom is -0.380 e. The van der Waals surface area contributed by atoms with Crippen LogP contribution in [-0.2, 0) is 4.74 Å². The Morgan fingerprint density at radius 3 is 2.31 bits per heavy atom. The standard InChI is InChI=1S/C14H23NO/c1-11(14-8-6-5-7-9-14)10-15-12(2)13(3)16-4/h5-9,11-13,15H,10H2,1-4H3/t11-,12+,13+/m1/s1. The van der Waals surface area contributed by atoms with Crippen molar-refractivity contribution in [3.8, 4) is 0 Å². The van der Waals surface area contributed by atoms with Gasteiger partial charge in [0.05, 0.1) is 6.10 Å². The van der Waals surface area contributed by atoms with Crippen LogP contribution in [0, 0.1) is 0 Å². The van der Waals surface area contributed by atoms with Crippen LogP contribution in [0.15, 0.2) is 30.3 Å². The summed E-state index contributed by atoms with van der Waals surface area (Å²) in [5.41, 5.74) is 1.38. The van der Waals surface area contributed by atoms with Crippen molar-refractivity contribution in [2.45, 2.75) is 38.8 Å². The zero-order chi connectivity index (χ0) is 12.0. The Bertz CT molecular complexity index is 286. The van der Waals surface area contributed by atoms with Gasteiger partial charge in [0.2, 0.25) is 0 Å². The van der Waals surface area contributed by atoms with Gasteiger partial charge in [-0.15, -0.1) is 0 Å². The molecule has 3 atom stereocenters. The molecule has 16 heavy (non-hydrogen) atoms. The first-order valence-corrected chi connectivity index (χ1v) is 5.96. The first-order chi connectivity index (χ1) is 7.65. The Labute approximate surface area is 99.0 Å². The molecule has 1 aromatic rings. The van der Waals surface area contributed by atoms with Gasteiger partial charge in [-0.3, -0.25) is 0 Å². The van der Waals surface area contributed by atoms with Gasteiger partial charge in [0.25, 0.3) is 0 Å². The smallest absolute Gasteiger partial charge is 0.0693 e. The van der Waals surface area contributed by atoms with Gasteiger partial charge in [0.1, 0.15) is 0 Å². The molecule has 0 saturated heterocycles. The van der Waals surface area contributed by atoms with Gasteiger partial charge in [-0.2, -0.15) is 0 Å². The van der Waals surface area contributed by atoms with Crippen LogP contribution in [0.1, 0.15) is 32.3 Å². The maximum atomic E-state index is 5.29. The van der Waals surface area contributed by atoms with Crippen LogP contribution in [0.2, 0.25) is 0 Å². The Morgan fingerprint density at radius 2 is 1.75 bits per heavy atom. The molecule has 0 aliphatic heterocycles. The van der Waals surface area contributed by atoms with E-state index in [1.165, 1.54) is 5.56 Å². The Hall–Kier alpha value is -0.860. The average molecular weight is 221 g/mol. The lowest BCUT2D eigenvalue weighted by Gasteiger charge is -2.22. The molecular weight excluding hydrogens is 198 g/mol. The van der Waals surface area contributed by atoms with Gasteiger partial charge in [0, 0.05) is 19.7 Å². The number of nitrogens with one attached hydrogen (secondary N) is 1. The van der Waals surface area contributed by atoms with Gasteiger partial charge >= 0.3 is 0 Å². The molecule has 1 N–H and O–H groups in total. The van der Waals surface area contributed by atoms with E-state index in [1.807, 2.05) is 0 Å². The van der Waals surface area contributed by atoms with Crippen molar-refractivity contribution in [2.75, 3.05) is 13.7 Å². The van der Waals surface area contributed by atoms with E-state index in [0.717, 1.165) is 6.54 Å². The third-order valence-electron chi connectivity index (χ3n) is 3.19. The molecule has 0 saturated carbocycles. The zero-order valence-corrected chi connectivity index (χ0v) is 10.7. The summed E-state index contributed by atoms with van der Waals surface area (Å²) in [6, 6.07) is 11.0. The van der Waals surface area contributed by atoms with Crippen molar-refractivity contribution in [1.29, 1.82) is 0 Å². The van der Waals surface area contributed by atoms with Gasteiger partial charge in [-0.05, 0) is 25.3 Å². The summed E-state index contributed by atoms with van der Waals surface area (Å²) in [5.74, 6) is 0.535. The molecule has 0 radical (unpaired) electrons. The van der Waals surface area contributed by atoms with Crippen LogP contribution in [0.25, 0.3) is 0 Å². The highest BCUT2D eigenvalue weighted by Gasteiger charge is 2.12. The summed E-state index contributed by atoms with van der Waals surface area (Å²) >= 11 is 0. The van der Waals surface area contributed by atoms with Crippen LogP contribution in [-0.4, -0.2) is 25.8 Å². The number of benzene rings is 1. The molecule has 0 aromatic heterocycles. The van der Waals surface area contributed by atoms with Crippen LogP contribution in [0.3, 0.4) is 0 Å². The first kappa shape index (κ1) is 13.2. The molecule has 0 aliphatic carbocycles. The second-order valence-electron chi connectivity index (χ2n) is 4.45. The van der Waals surface area contributed by atoms with Crippen LogP contribution in [0.5, 0.6) is 0 Å². The molecule has 0 aliphatic rings. The first-order valence-electron chi connectivity index (χ1n) is 5.96. The number of methoxy groups -OCH3 is 1. The monoisotopic (exact) mass is 221 g/mol. The van der Waals surface area contributed by atoms with Crippen molar-refractivity contribution in [3.63, 3.8) is 0 Å². The van der Waals surface area contributed by atoms with E-state index in [1.54, 1.807) is 7.11 Å². The van der Waals surface area contributed by atoms with Crippen molar-refractivity contribution < 1.29 is 4.74 Å². The lowest BCUT2D eigenvalue weighted by atomic mass is 10.0. The predicted molar refractivity (Wildman–Crippen MR) is 68.8 cm³/mol. The molecule has 0 heterocycles. The summed E-state index contributed by atoms with van der Waals surface area (Å²) in [6.45, 7) is 7.47. The molecule has 0 amide bonds. The minimum atomic E-state index is 0.253. The van der Waals surface area contributed by atoms with Crippen molar-refractivity contribution in [2.24, 2.45) is 0 Å². The zero-order valence-electron chi connectivity index (χ0n) is 10.7. The summed E-state index contributed by atoms with van der Waals surface area (Å²) in [5, 5.41) is 3.51. The van der Waals surface area contributed by atoms with E-state index >= 15 is 0 Å². The average Bonchev–Trinajstić information content (AvgIpc) is 2.35. The molecule has 0 bridgehead atoms. The largest absolute Gasteiger partial charge is 0.380 e. The van der Waals surface area contributed by atoms with Crippen LogP contribution >= 0.6 is 0 Å². The molecule has 2 heteroatoms. The topological polar surface area (TPSA) is 21.3 Å². The van der Waals surface area contributed by atoms with Crippen LogP contribution < -0.4 is 5.32 Å². The van der Waals surface area contributed by atoms with Gasteiger partial charge in [-0.25, -0.2) is 0 Å². The third kappa shape index (κ3) is 3.95. The molecule has 90 valence electrons. The number of ether oxygens (including phenoxy) is 1. The van der Waals surface area contributed by atoms with E-state index in [0.29, 0.717) is 12.0 Å². The number of hydrogen-bond acceptors (Lipinski definition) is 2. The Kier molecular flexibility index (Phi) is 5.50. The molecule has 1 aromatic carbocycles. The summed E-state index contributed by atoms with van der Waals surface area (Å²) < 4.78 is 5.29. The summed E-state index contributed by atoms with van der Waals surface area (Å²) in [6.07, 6.45) is 0.253. The number of rotatable bonds is 6. The lowest BCUT2D eigenvalue weighted by Crippen LogP contribution is -2.38. The van der Waals surface area contributed by atoms with Crippen molar-refractivity contribution >= 4 is 0 Å². The van der Waals surface area contributed by atoms with Crippen molar-refractivity contribution in [1.82, 2.24) is 5.32 Å². The van der Waals surface area contributed by atoms with Gasteiger partial charge in [0.15, 0.2) is 0 Å². The summed E-state index contributed by atoms with van der Waals surface area (Å²) in [7, 11) is 1.75. The SMILES string of the molecule is CO[C@@H](C)[C@H](C)NC[C@@H](C)c1ccccc1. The summed E-state index contributed by atoms with van der Waals surface area (Å²) in [4.78, 5) is 0. The van der Waals surface area contributed by atoms with E-state index in [9.17, 15) is 0 Å². The second kappa shape index (κ2) is 6.66. The Morgan fingerprint density at radius 1 is 1.12 bits per heavy atom. The third-order valence-corrected chi connectivity index (χ3v) is 3.19. The van der Waals surface area contributed by atoms with Gasteiger partial charge in [-0.1, -0.05) is 37.3 Å². The highest BCUT2D eigenvalue weighted by molar-refractivity contribution is 5.18. The minimum absolute atomic E-state index is 0.253. The lowest BCUT2D eigenvalue weighted by molar-refractivity contribution is 0.0884. The predicted octanol–water partition coefficient (Wildman–Crippen LogP) is 2.80. The van der Waals surface area contributed by atoms with E-state index in [2.05, 4.69) is 56.4 Å². The normalized spacial score (nSPS) is 16.8. The molecule has 0 unspecified atom stereocenters. The molecular formula is C14H23NO. The highest BCUT2D eigenvalue weighted by atomic mass is 16.5. The Balaban J connectivity index is 2.38. The molecule has 1 rings (SSSR count). The molecule has 0 spiro atoms. The molecule has 0 fully saturated rings. The van der Waals surface area contributed by atoms with Gasteiger partial charge < -0.3 is 10.1 Å². The van der Waals surface area contributed by atoms with E-state index in [-0.39, 0.29) is 6.10 Å². The highest BCUT2D eigenvalue weighted by Crippen LogP contribution is 2.13. The maximum Gasteiger partial charge on any atom is 0.0693 e. The van der Waals surface area contributed by atoms with E-state index < -0.39 is 0 Å². The quantitative estimate of drug-likeness (QED) is 0.797. The fraction of sp³-hybridized carbons (Fsp3) is 0.571. The fourth-order valence-electron chi connectivity index (χ4n) is 1.63. The molecule has 2 nitrogen and oxygen atoms in total. The fourth-order valence-corrected chi connectivity index (χ4v) is 1.63. The van der Waals surface area contributed by atoms with Crippen molar-refractivity contribution in [3.05, 3.63) is 35.9 Å². The number of hydrogen-bond donors (Lipinski definition) is 1. The maximum absolute atomic E-state index is 5.29. The van der Waals surface area contributed by atoms with Crippen LogP contribution in [0.4, 0.5) is 0 Å². The second-order valence-corrected chi connectivity index (χ2v) is 4.45. The van der Waals surface area contributed by atoms with E-state index in [4.69, 9.17) is 4.74 Å².